The predicted octanol–water partition coefficient (Wildman–Crippen LogP) is 7.24. The number of H-pyrrole nitrogens is 1. The van der Waals surface area contributed by atoms with Crippen LogP contribution in [0.5, 0.6) is 0 Å². The summed E-state index contributed by atoms with van der Waals surface area (Å²) in [4.78, 5) is 13.6. The lowest BCUT2D eigenvalue weighted by atomic mass is 9.78. The molecular weight excluding hydrogens is 530 g/mol. The van der Waals surface area contributed by atoms with Gasteiger partial charge in [-0.3, -0.25) is 9.69 Å². The zero-order chi connectivity index (χ0) is 29.0. The van der Waals surface area contributed by atoms with Crippen LogP contribution in [-0.4, -0.2) is 41.4 Å². The molecule has 5 nitrogen and oxygen atoms in total. The molecular formula is C38H37N3O2. The molecule has 8 rings (SSSR count). The highest BCUT2D eigenvalue weighted by molar-refractivity contribution is 5.96. The van der Waals surface area contributed by atoms with Crippen molar-refractivity contribution in [1.82, 2.24) is 15.1 Å². The Kier molecular flexibility index (Phi) is 8.00. The molecule has 0 atom stereocenters. The Morgan fingerprint density at radius 3 is 2.58 bits per heavy atom. The molecule has 2 heterocycles. The van der Waals surface area contributed by atoms with E-state index in [1.807, 2.05) is 18.2 Å². The third kappa shape index (κ3) is 5.96. The maximum atomic E-state index is 11.1. The van der Waals surface area contributed by atoms with Crippen molar-refractivity contribution in [3.63, 3.8) is 0 Å². The number of allylic oxidation sites excluding steroid dienone is 4. The van der Waals surface area contributed by atoms with Crippen LogP contribution in [0.3, 0.4) is 0 Å². The van der Waals surface area contributed by atoms with Gasteiger partial charge in [0.2, 0.25) is 0 Å². The number of aryl methyl sites for hydroxylation is 1. The van der Waals surface area contributed by atoms with Crippen molar-refractivity contribution in [3.8, 4) is 0 Å². The fourth-order valence-electron chi connectivity index (χ4n) is 6.83. The zero-order valence-corrected chi connectivity index (χ0v) is 24.5. The summed E-state index contributed by atoms with van der Waals surface area (Å²) in [6.45, 7) is 4.80. The number of benzene rings is 4. The Labute approximate surface area is 252 Å². The number of nitrogens with one attached hydrogen (secondary N) is 1. The normalized spacial score (nSPS) is 16.5. The topological polar surface area (TPSA) is 58.2 Å². The molecule has 0 spiro atoms. The van der Waals surface area contributed by atoms with E-state index in [-0.39, 0.29) is 5.56 Å². The number of hydrogen-bond donors (Lipinski definition) is 1. The molecule has 5 aromatic rings. The molecule has 0 bridgehead atoms. The minimum atomic E-state index is -0.136. The monoisotopic (exact) mass is 567 g/mol. The van der Waals surface area contributed by atoms with E-state index in [0.717, 1.165) is 44.7 Å². The minimum absolute atomic E-state index is 0.136. The molecule has 0 unspecified atom stereocenters. The van der Waals surface area contributed by atoms with E-state index in [1.165, 1.54) is 64.3 Å². The van der Waals surface area contributed by atoms with Crippen LogP contribution < -0.4 is 5.56 Å². The van der Waals surface area contributed by atoms with Crippen LogP contribution in [-0.2, 0) is 24.1 Å². The van der Waals surface area contributed by atoms with E-state index in [4.69, 9.17) is 4.74 Å². The highest BCUT2D eigenvalue weighted by Crippen LogP contribution is 2.41. The second-order valence-corrected chi connectivity index (χ2v) is 11.7. The van der Waals surface area contributed by atoms with E-state index < -0.39 is 0 Å². The van der Waals surface area contributed by atoms with Crippen molar-refractivity contribution >= 4 is 27.1 Å². The number of nitrogens with zero attached hydrogens (tertiary/aromatic N) is 2. The fourth-order valence-corrected chi connectivity index (χ4v) is 6.83. The minimum Gasteiger partial charge on any atom is -0.379 e. The first-order chi connectivity index (χ1) is 21.2. The van der Waals surface area contributed by atoms with Crippen LogP contribution in [0, 0.1) is 0 Å². The number of fused-ring (bicyclic) bond motifs is 5. The molecule has 1 aromatic heterocycles. The lowest BCUT2D eigenvalue weighted by Gasteiger charge is -2.27. The van der Waals surface area contributed by atoms with Crippen molar-refractivity contribution in [2.75, 3.05) is 26.3 Å². The van der Waals surface area contributed by atoms with Gasteiger partial charge in [0.05, 0.1) is 19.4 Å². The van der Waals surface area contributed by atoms with Gasteiger partial charge in [-0.25, -0.2) is 5.10 Å². The summed E-state index contributed by atoms with van der Waals surface area (Å²) in [6.07, 6.45) is 12.2. The molecule has 216 valence electrons. The Balaban J connectivity index is 0.000000229. The molecule has 43 heavy (non-hydrogen) atoms. The Morgan fingerprint density at radius 1 is 0.837 bits per heavy atom. The van der Waals surface area contributed by atoms with Crippen molar-refractivity contribution in [1.29, 1.82) is 0 Å². The predicted molar refractivity (Wildman–Crippen MR) is 175 cm³/mol. The summed E-state index contributed by atoms with van der Waals surface area (Å²) in [5, 5.41) is 10.5. The van der Waals surface area contributed by atoms with E-state index in [1.54, 1.807) is 23.4 Å². The van der Waals surface area contributed by atoms with Gasteiger partial charge in [-0.15, -0.1) is 0 Å². The van der Waals surface area contributed by atoms with Crippen LogP contribution in [0.25, 0.3) is 27.1 Å². The van der Waals surface area contributed by atoms with Gasteiger partial charge in [0, 0.05) is 30.4 Å². The molecule has 0 radical (unpaired) electrons. The van der Waals surface area contributed by atoms with Crippen LogP contribution in [0.1, 0.15) is 47.1 Å². The quantitative estimate of drug-likeness (QED) is 0.249. The smallest absolute Gasteiger partial charge is 0.272 e. The van der Waals surface area contributed by atoms with Crippen molar-refractivity contribution in [3.05, 3.63) is 141 Å². The van der Waals surface area contributed by atoms with Crippen molar-refractivity contribution < 1.29 is 4.74 Å². The molecule has 0 saturated carbocycles. The fraction of sp³-hybridized carbons (Fsp3) is 0.263. The Hall–Kier alpha value is -4.32. The Morgan fingerprint density at radius 2 is 1.67 bits per heavy atom. The first kappa shape index (κ1) is 27.5. The van der Waals surface area contributed by atoms with E-state index in [9.17, 15) is 4.79 Å². The van der Waals surface area contributed by atoms with Gasteiger partial charge in [-0.05, 0) is 82.3 Å². The number of morpholine rings is 1. The third-order valence-electron chi connectivity index (χ3n) is 8.96. The second kappa shape index (κ2) is 12.5. The largest absolute Gasteiger partial charge is 0.379 e. The summed E-state index contributed by atoms with van der Waals surface area (Å²) in [5.41, 5.74) is 10.4. The van der Waals surface area contributed by atoms with E-state index in [0.29, 0.717) is 5.39 Å². The summed E-state index contributed by atoms with van der Waals surface area (Å²) in [6, 6.07) is 28.1. The standard InChI is InChI=1S/C30H31NO.C8H6N2O/c1-2-10-27-24(7-1)11-14-29-28(27)13-12-25-8-4-9-26(30(25)29)20-22-5-3-6-23(19-22)21-31-15-17-32-18-16-31;11-8-7-4-2-1-3-6(7)5-9-10-8/h2-6,8-10,12-13,19H,1,7,11,14-18,20-21H2;1-5H,(H,10,11). The van der Waals surface area contributed by atoms with Gasteiger partial charge in [-0.2, -0.15) is 5.10 Å². The number of aromatic amines is 1. The number of rotatable bonds is 4. The molecule has 5 heteroatoms. The van der Waals surface area contributed by atoms with E-state index in [2.05, 4.69) is 81.8 Å². The summed E-state index contributed by atoms with van der Waals surface area (Å²) < 4.78 is 5.51. The first-order valence-electron chi connectivity index (χ1n) is 15.5. The van der Waals surface area contributed by atoms with Crippen molar-refractivity contribution in [2.45, 2.75) is 38.6 Å². The van der Waals surface area contributed by atoms with Gasteiger partial charge >= 0.3 is 0 Å². The average molecular weight is 568 g/mol. The molecule has 1 saturated heterocycles. The molecule has 1 fully saturated rings. The molecule has 3 aliphatic rings. The molecule has 2 aliphatic carbocycles. The summed E-state index contributed by atoms with van der Waals surface area (Å²) >= 11 is 0. The van der Waals surface area contributed by atoms with Gasteiger partial charge in [-0.1, -0.05) is 90.5 Å². The zero-order valence-electron chi connectivity index (χ0n) is 24.5. The van der Waals surface area contributed by atoms with Gasteiger partial charge in [0.1, 0.15) is 0 Å². The number of hydrogen-bond acceptors (Lipinski definition) is 4. The van der Waals surface area contributed by atoms with Crippen LogP contribution in [0.2, 0.25) is 0 Å². The Bertz CT molecular complexity index is 1890. The summed E-state index contributed by atoms with van der Waals surface area (Å²) in [5.74, 6) is 0. The summed E-state index contributed by atoms with van der Waals surface area (Å²) in [7, 11) is 0. The lowest BCUT2D eigenvalue weighted by Crippen LogP contribution is -2.35. The lowest BCUT2D eigenvalue weighted by molar-refractivity contribution is 0.0342. The number of aromatic nitrogens is 2. The molecule has 1 aliphatic heterocycles. The third-order valence-corrected chi connectivity index (χ3v) is 8.96. The van der Waals surface area contributed by atoms with Crippen molar-refractivity contribution in [2.24, 2.45) is 0 Å². The molecule has 0 amide bonds. The number of ether oxygens (including phenoxy) is 1. The van der Waals surface area contributed by atoms with Crippen LogP contribution in [0.4, 0.5) is 0 Å². The maximum Gasteiger partial charge on any atom is 0.272 e. The molecule has 1 N–H and O–H groups in total. The highest BCUT2D eigenvalue weighted by Gasteiger charge is 2.22. The van der Waals surface area contributed by atoms with E-state index >= 15 is 0 Å². The van der Waals surface area contributed by atoms with Gasteiger partial charge < -0.3 is 4.74 Å². The maximum absolute atomic E-state index is 11.1. The second-order valence-electron chi connectivity index (χ2n) is 11.7. The first-order valence-corrected chi connectivity index (χ1v) is 15.5. The SMILES string of the molecule is C1=CC2=C(CC1)CCc1c2ccc2cccc(Cc3cccc(CN4CCOCC4)c3)c12.O=c1[nH]ncc2ccccc12. The van der Waals surface area contributed by atoms with Crippen LogP contribution >= 0.6 is 0 Å². The average Bonchev–Trinajstić information content (AvgIpc) is 3.06. The highest BCUT2D eigenvalue weighted by atomic mass is 16.5. The van der Waals surface area contributed by atoms with Crippen LogP contribution in [0.15, 0.2) is 108 Å². The van der Waals surface area contributed by atoms with Gasteiger partial charge in [0.15, 0.2) is 0 Å². The molecule has 4 aromatic carbocycles. The van der Waals surface area contributed by atoms with Gasteiger partial charge in [0.25, 0.3) is 5.56 Å².